The fraction of sp³-hybridized carbons (Fsp3) is 0.259. The summed E-state index contributed by atoms with van der Waals surface area (Å²) in [7, 11) is 0. The van der Waals surface area contributed by atoms with Gasteiger partial charge in [0.1, 0.15) is 17.7 Å². The molecule has 0 saturated carbocycles. The Morgan fingerprint density at radius 1 is 1.11 bits per heavy atom. The fourth-order valence-corrected chi connectivity index (χ4v) is 4.38. The molecule has 1 heterocycles. The molecule has 0 bridgehead atoms. The lowest BCUT2D eigenvalue weighted by Crippen LogP contribution is -2.36. The Balaban J connectivity index is 1.59. The summed E-state index contributed by atoms with van der Waals surface area (Å²) in [5.74, 6) is -0.224. The summed E-state index contributed by atoms with van der Waals surface area (Å²) in [5, 5.41) is 18.9. The summed E-state index contributed by atoms with van der Waals surface area (Å²) in [6.07, 6.45) is 2.72. The van der Waals surface area contributed by atoms with Crippen molar-refractivity contribution in [3.8, 4) is 0 Å². The second kappa shape index (κ2) is 11.0. The number of aryl methyl sites for hydroxylation is 1. The highest BCUT2D eigenvalue weighted by Crippen LogP contribution is 2.29. The first-order chi connectivity index (χ1) is 17.0. The van der Waals surface area contributed by atoms with Crippen LogP contribution in [0.25, 0.3) is 0 Å². The molecular formula is C27H30FN5O2. The number of benzene rings is 3. The van der Waals surface area contributed by atoms with Gasteiger partial charge in [0.15, 0.2) is 0 Å². The number of nitrogens with two attached hydrogens (primary N) is 1. The minimum Gasteiger partial charge on any atom is -0.409 e. The van der Waals surface area contributed by atoms with Gasteiger partial charge in [0.2, 0.25) is 0 Å². The van der Waals surface area contributed by atoms with Crippen LogP contribution in [0.1, 0.15) is 42.0 Å². The normalized spacial score (nSPS) is 15.6. The average Bonchev–Trinajstić information content (AvgIpc) is 2.88. The van der Waals surface area contributed by atoms with Crippen molar-refractivity contribution in [1.82, 2.24) is 0 Å². The summed E-state index contributed by atoms with van der Waals surface area (Å²) in [4.78, 5) is 15.4. The second-order valence-electron chi connectivity index (χ2n) is 8.62. The van der Waals surface area contributed by atoms with Crippen LogP contribution < -0.4 is 21.3 Å². The third kappa shape index (κ3) is 5.60. The van der Waals surface area contributed by atoms with E-state index < -0.39 is 17.8 Å². The first-order valence-electron chi connectivity index (χ1n) is 11.7. The molecule has 1 saturated heterocycles. The van der Waals surface area contributed by atoms with E-state index in [9.17, 15) is 14.4 Å². The lowest BCUT2D eigenvalue weighted by Gasteiger charge is -2.30. The van der Waals surface area contributed by atoms with Crippen LogP contribution in [0.5, 0.6) is 0 Å². The van der Waals surface area contributed by atoms with E-state index in [1.54, 1.807) is 24.3 Å². The van der Waals surface area contributed by atoms with E-state index in [2.05, 4.69) is 15.8 Å². The monoisotopic (exact) mass is 475 g/mol. The molecule has 182 valence electrons. The van der Waals surface area contributed by atoms with E-state index in [1.165, 1.54) is 6.07 Å². The number of carbonyl (C=O) groups is 1. The zero-order valence-electron chi connectivity index (χ0n) is 19.7. The maximum Gasteiger partial charge on any atom is 0.251 e. The number of hydrogen-bond acceptors (Lipinski definition) is 5. The number of halogens is 1. The van der Waals surface area contributed by atoms with Crippen molar-refractivity contribution in [2.75, 3.05) is 22.1 Å². The van der Waals surface area contributed by atoms with Crippen LogP contribution in [0.15, 0.2) is 71.9 Å². The molecule has 35 heavy (non-hydrogen) atoms. The van der Waals surface area contributed by atoms with Crippen molar-refractivity contribution in [2.24, 2.45) is 10.9 Å². The molecular weight excluding hydrogens is 445 g/mol. The molecule has 1 aliphatic rings. The summed E-state index contributed by atoms with van der Waals surface area (Å²) >= 11 is 0. The molecule has 1 aliphatic heterocycles. The summed E-state index contributed by atoms with van der Waals surface area (Å²) in [5.41, 5.74) is 10.0. The van der Waals surface area contributed by atoms with Crippen molar-refractivity contribution in [3.05, 3.63) is 89.2 Å². The molecule has 0 spiro atoms. The van der Waals surface area contributed by atoms with Crippen LogP contribution in [0, 0.1) is 12.7 Å². The fourth-order valence-electron chi connectivity index (χ4n) is 4.38. The molecule has 1 fully saturated rings. The molecule has 3 aromatic carbocycles. The van der Waals surface area contributed by atoms with E-state index in [4.69, 9.17) is 5.73 Å². The Hall–Kier alpha value is -3.91. The zero-order chi connectivity index (χ0) is 24.8. The number of anilines is 3. The molecule has 7 nitrogen and oxygen atoms in total. The predicted octanol–water partition coefficient (Wildman–Crippen LogP) is 5.16. The van der Waals surface area contributed by atoms with Crippen LogP contribution in [-0.2, 0) is 11.3 Å². The molecule has 1 atom stereocenters. The van der Waals surface area contributed by atoms with Crippen LogP contribution in [0.4, 0.5) is 21.5 Å². The van der Waals surface area contributed by atoms with Crippen LogP contribution in [0.3, 0.4) is 0 Å². The minimum atomic E-state index is -0.959. The molecule has 0 aromatic heterocycles. The maximum atomic E-state index is 14.7. The lowest BCUT2D eigenvalue weighted by molar-refractivity contribution is -0.117. The van der Waals surface area contributed by atoms with Gasteiger partial charge in [0.25, 0.3) is 5.91 Å². The highest BCUT2D eigenvalue weighted by Gasteiger charge is 2.25. The molecule has 0 radical (unpaired) electrons. The SMILES string of the molecule is Cc1cc(NC(=O)C(Nc2cccc(CN)c2)c2ccccc2F)ccc1N1CCCC/C1=N\O. The highest BCUT2D eigenvalue weighted by atomic mass is 19.1. The number of piperidine rings is 1. The number of carbonyl (C=O) groups excluding carboxylic acids is 1. The van der Waals surface area contributed by atoms with Gasteiger partial charge in [0, 0.05) is 42.1 Å². The standard InChI is InChI=1S/C27H30FN5O2/c1-18-15-21(12-13-24(18)33-14-5-4-11-25(33)32-35)31-27(34)26(22-9-2-3-10-23(22)28)30-20-8-6-7-19(16-20)17-29/h2-3,6-10,12-13,15-16,26,30,35H,4-5,11,14,17,29H2,1H3,(H,31,34)/b32-25+. The Morgan fingerprint density at radius 2 is 1.94 bits per heavy atom. The van der Waals surface area contributed by atoms with Gasteiger partial charge in [-0.2, -0.15) is 0 Å². The van der Waals surface area contributed by atoms with Crippen molar-refractivity contribution in [1.29, 1.82) is 0 Å². The van der Waals surface area contributed by atoms with E-state index >= 15 is 0 Å². The Labute approximate surface area is 204 Å². The van der Waals surface area contributed by atoms with Crippen LogP contribution in [-0.4, -0.2) is 23.5 Å². The van der Waals surface area contributed by atoms with E-state index in [-0.39, 0.29) is 5.56 Å². The summed E-state index contributed by atoms with van der Waals surface area (Å²) in [6.45, 7) is 3.07. The quantitative estimate of drug-likeness (QED) is 0.279. The first kappa shape index (κ1) is 24.2. The lowest BCUT2D eigenvalue weighted by atomic mass is 10.0. The third-order valence-corrected chi connectivity index (χ3v) is 6.17. The van der Waals surface area contributed by atoms with Gasteiger partial charge in [-0.3, -0.25) is 4.79 Å². The van der Waals surface area contributed by atoms with Crippen LogP contribution >= 0.6 is 0 Å². The van der Waals surface area contributed by atoms with Crippen molar-refractivity contribution < 1.29 is 14.4 Å². The molecule has 1 unspecified atom stereocenters. The smallest absolute Gasteiger partial charge is 0.251 e. The first-order valence-corrected chi connectivity index (χ1v) is 11.7. The van der Waals surface area contributed by atoms with Crippen molar-refractivity contribution in [3.63, 3.8) is 0 Å². The number of amidine groups is 1. The molecule has 8 heteroatoms. The average molecular weight is 476 g/mol. The van der Waals surface area contributed by atoms with Gasteiger partial charge >= 0.3 is 0 Å². The Bertz CT molecular complexity index is 1230. The number of nitrogens with zero attached hydrogens (tertiary/aromatic N) is 2. The van der Waals surface area contributed by atoms with Gasteiger partial charge in [0.05, 0.1) is 0 Å². The minimum absolute atomic E-state index is 0.244. The largest absolute Gasteiger partial charge is 0.409 e. The number of oxime groups is 1. The molecule has 0 aliphatic carbocycles. The third-order valence-electron chi connectivity index (χ3n) is 6.17. The number of hydrogen-bond donors (Lipinski definition) is 4. The van der Waals surface area contributed by atoms with Crippen LogP contribution in [0.2, 0.25) is 0 Å². The number of rotatable bonds is 7. The van der Waals surface area contributed by atoms with E-state index in [0.717, 1.165) is 42.6 Å². The summed E-state index contributed by atoms with van der Waals surface area (Å²) < 4.78 is 14.7. The molecule has 1 amide bonds. The highest BCUT2D eigenvalue weighted by molar-refractivity contribution is 6.00. The topological polar surface area (TPSA) is 103 Å². The van der Waals surface area contributed by atoms with Gasteiger partial charge < -0.3 is 26.5 Å². The molecule has 3 aromatic rings. The number of amides is 1. The Morgan fingerprint density at radius 3 is 2.69 bits per heavy atom. The van der Waals surface area contributed by atoms with Crippen molar-refractivity contribution >= 4 is 28.8 Å². The van der Waals surface area contributed by atoms with E-state index in [0.29, 0.717) is 23.8 Å². The van der Waals surface area contributed by atoms with Gasteiger partial charge in [-0.1, -0.05) is 35.5 Å². The van der Waals surface area contributed by atoms with Gasteiger partial charge in [-0.15, -0.1) is 0 Å². The summed E-state index contributed by atoms with van der Waals surface area (Å²) in [6, 6.07) is 18.2. The van der Waals surface area contributed by atoms with Gasteiger partial charge in [-0.05, 0) is 67.3 Å². The Kier molecular flexibility index (Phi) is 7.62. The zero-order valence-corrected chi connectivity index (χ0v) is 19.7. The van der Waals surface area contributed by atoms with E-state index in [1.807, 2.05) is 48.2 Å². The molecule has 4 rings (SSSR count). The maximum absolute atomic E-state index is 14.7. The molecule has 5 N–H and O–H groups in total. The van der Waals surface area contributed by atoms with Crippen molar-refractivity contribution in [2.45, 2.75) is 38.8 Å². The predicted molar refractivity (Wildman–Crippen MR) is 137 cm³/mol. The number of nitrogens with one attached hydrogen (secondary N) is 2. The second-order valence-corrected chi connectivity index (χ2v) is 8.62. The van der Waals surface area contributed by atoms with Gasteiger partial charge in [-0.25, -0.2) is 4.39 Å².